The van der Waals surface area contributed by atoms with Crippen LogP contribution in [0.2, 0.25) is 0 Å². The van der Waals surface area contributed by atoms with Crippen molar-refractivity contribution in [1.29, 1.82) is 0 Å². The molecule has 2 rings (SSSR count). The number of nitrogens with one attached hydrogen (secondary N) is 1. The second-order valence-corrected chi connectivity index (χ2v) is 4.49. The van der Waals surface area contributed by atoms with Gasteiger partial charge in [-0.1, -0.05) is 25.1 Å². The summed E-state index contributed by atoms with van der Waals surface area (Å²) in [5.41, 5.74) is 2.38. The molecule has 0 fully saturated rings. The van der Waals surface area contributed by atoms with Gasteiger partial charge in [0, 0.05) is 24.0 Å². The highest BCUT2D eigenvalue weighted by molar-refractivity contribution is 5.82. The lowest BCUT2D eigenvalue weighted by atomic mass is 9.97. The lowest BCUT2D eigenvalue weighted by Crippen LogP contribution is -2.21. The van der Waals surface area contributed by atoms with Crippen molar-refractivity contribution in [1.82, 2.24) is 10.3 Å². The number of aromatic nitrogens is 1. The summed E-state index contributed by atoms with van der Waals surface area (Å²) in [4.78, 5) is 4.43. The molecule has 0 spiro atoms. The van der Waals surface area contributed by atoms with Crippen LogP contribution in [0.25, 0.3) is 10.9 Å². The highest BCUT2D eigenvalue weighted by atomic mass is 14.9. The Morgan fingerprint density at radius 1 is 1.26 bits per heavy atom. The second kappa shape index (κ2) is 6.92. The van der Waals surface area contributed by atoms with Gasteiger partial charge in [-0.05, 0) is 37.6 Å². The summed E-state index contributed by atoms with van der Waals surface area (Å²) in [6.45, 7) is 4.99. The molecule has 98 valence electrons. The zero-order valence-electron chi connectivity index (χ0n) is 11.6. The lowest BCUT2D eigenvalue weighted by molar-refractivity contribution is 0.526. The number of hydrogen-bond acceptors (Lipinski definition) is 2. The first-order valence-electron chi connectivity index (χ1n) is 6.83. The van der Waals surface area contributed by atoms with Crippen LogP contribution in [0.15, 0.2) is 36.5 Å². The average molecular weight is 252 g/mol. The van der Waals surface area contributed by atoms with Crippen LogP contribution in [0.3, 0.4) is 0 Å². The van der Waals surface area contributed by atoms with E-state index in [0.717, 1.165) is 24.9 Å². The summed E-state index contributed by atoms with van der Waals surface area (Å²) in [6, 6.07) is 10.8. The van der Waals surface area contributed by atoms with Crippen molar-refractivity contribution >= 4 is 10.9 Å². The van der Waals surface area contributed by atoms with Crippen LogP contribution in [0, 0.1) is 11.8 Å². The Labute approximate surface area is 115 Å². The van der Waals surface area contributed by atoms with E-state index in [2.05, 4.69) is 53.3 Å². The average Bonchev–Trinajstić information content (AvgIpc) is 2.46. The molecule has 0 aliphatic heterocycles. The van der Waals surface area contributed by atoms with Gasteiger partial charge >= 0.3 is 0 Å². The van der Waals surface area contributed by atoms with Crippen LogP contribution in [-0.2, 0) is 0 Å². The fraction of sp³-hybridized carbons (Fsp3) is 0.353. The van der Waals surface area contributed by atoms with Crippen molar-refractivity contribution in [3.63, 3.8) is 0 Å². The fourth-order valence-electron chi connectivity index (χ4n) is 2.39. The zero-order chi connectivity index (χ0) is 13.5. The lowest BCUT2D eigenvalue weighted by Gasteiger charge is -2.19. The minimum Gasteiger partial charge on any atom is -0.310 e. The maximum absolute atomic E-state index is 4.43. The Bertz CT molecular complexity index is 587. The molecule has 1 N–H and O–H groups in total. The first kappa shape index (κ1) is 13.6. The predicted octanol–water partition coefficient (Wildman–Crippen LogP) is 3.69. The molecule has 1 atom stereocenters. The molecule has 1 aromatic carbocycles. The number of rotatable bonds is 5. The molecule has 2 nitrogen and oxygen atoms in total. The van der Waals surface area contributed by atoms with Crippen LogP contribution >= 0.6 is 0 Å². The molecule has 1 unspecified atom stereocenters. The molecule has 0 amide bonds. The smallest absolute Gasteiger partial charge is 0.0705 e. The molecule has 0 aliphatic rings. The first-order chi connectivity index (χ1) is 9.36. The van der Waals surface area contributed by atoms with Gasteiger partial charge in [-0.25, -0.2) is 0 Å². The third kappa shape index (κ3) is 3.33. The van der Waals surface area contributed by atoms with Crippen LogP contribution in [0.4, 0.5) is 0 Å². The van der Waals surface area contributed by atoms with Gasteiger partial charge in [0.15, 0.2) is 0 Å². The molecular weight excluding hydrogens is 232 g/mol. The number of nitrogens with zero attached hydrogens (tertiary/aromatic N) is 1. The van der Waals surface area contributed by atoms with Gasteiger partial charge in [0.1, 0.15) is 0 Å². The topological polar surface area (TPSA) is 24.9 Å². The number of fused-ring (bicyclic) bond motifs is 1. The van der Waals surface area contributed by atoms with Gasteiger partial charge in [-0.3, -0.25) is 4.98 Å². The van der Waals surface area contributed by atoms with Gasteiger partial charge in [-0.15, -0.1) is 11.8 Å². The molecule has 0 saturated carbocycles. The molecule has 1 aromatic heterocycles. The van der Waals surface area contributed by atoms with Gasteiger partial charge < -0.3 is 5.32 Å². The largest absolute Gasteiger partial charge is 0.310 e. The van der Waals surface area contributed by atoms with Crippen LogP contribution < -0.4 is 5.32 Å². The van der Waals surface area contributed by atoms with Crippen molar-refractivity contribution in [3.05, 3.63) is 42.1 Å². The van der Waals surface area contributed by atoms with Crippen LogP contribution in [0.1, 0.15) is 38.3 Å². The van der Waals surface area contributed by atoms with E-state index in [4.69, 9.17) is 0 Å². The molecular formula is C17H20N2. The van der Waals surface area contributed by atoms with Gasteiger partial charge in [-0.2, -0.15) is 0 Å². The monoisotopic (exact) mass is 252 g/mol. The van der Waals surface area contributed by atoms with Crippen molar-refractivity contribution < 1.29 is 0 Å². The van der Waals surface area contributed by atoms with E-state index in [0.29, 0.717) is 6.04 Å². The first-order valence-corrected chi connectivity index (χ1v) is 6.83. The number of pyridine rings is 1. The van der Waals surface area contributed by atoms with Crippen molar-refractivity contribution in [3.8, 4) is 11.8 Å². The van der Waals surface area contributed by atoms with Gasteiger partial charge in [0.2, 0.25) is 0 Å². The predicted molar refractivity (Wildman–Crippen MR) is 80.8 cm³/mol. The van der Waals surface area contributed by atoms with E-state index in [1.165, 1.54) is 10.9 Å². The molecule has 0 radical (unpaired) electrons. The SMILES string of the molecule is CC#CCCC(NCC)c1cccc2ncccc12. The van der Waals surface area contributed by atoms with E-state index in [-0.39, 0.29) is 0 Å². The molecule has 19 heavy (non-hydrogen) atoms. The number of benzene rings is 1. The zero-order valence-corrected chi connectivity index (χ0v) is 11.6. The highest BCUT2D eigenvalue weighted by Gasteiger charge is 2.12. The van der Waals surface area contributed by atoms with Crippen molar-refractivity contribution in [2.75, 3.05) is 6.54 Å². The van der Waals surface area contributed by atoms with Crippen LogP contribution in [0.5, 0.6) is 0 Å². The molecule has 0 aliphatic carbocycles. The standard InChI is InChI=1S/C17H20N2/c1-3-5-6-11-16(18-4-2)14-9-7-12-17-15(14)10-8-13-19-17/h7-10,12-13,16,18H,4,6,11H2,1-2H3. The Balaban J connectivity index is 2.34. The minimum absolute atomic E-state index is 0.346. The Kier molecular flexibility index (Phi) is 4.94. The summed E-state index contributed by atoms with van der Waals surface area (Å²) < 4.78 is 0. The molecule has 0 bridgehead atoms. The van der Waals surface area contributed by atoms with E-state index in [1.807, 2.05) is 19.2 Å². The number of hydrogen-bond donors (Lipinski definition) is 1. The molecule has 0 saturated heterocycles. The minimum atomic E-state index is 0.346. The third-order valence-corrected chi connectivity index (χ3v) is 3.24. The molecule has 1 heterocycles. The third-order valence-electron chi connectivity index (χ3n) is 3.24. The summed E-state index contributed by atoms with van der Waals surface area (Å²) in [6.07, 6.45) is 3.80. The maximum Gasteiger partial charge on any atom is 0.0705 e. The quantitative estimate of drug-likeness (QED) is 0.821. The van der Waals surface area contributed by atoms with Gasteiger partial charge in [0.05, 0.1) is 5.52 Å². The van der Waals surface area contributed by atoms with E-state index < -0.39 is 0 Å². The van der Waals surface area contributed by atoms with Crippen LogP contribution in [-0.4, -0.2) is 11.5 Å². The normalized spacial score (nSPS) is 11.9. The van der Waals surface area contributed by atoms with E-state index in [1.54, 1.807) is 0 Å². The molecule has 2 aromatic rings. The Hall–Kier alpha value is -1.85. The van der Waals surface area contributed by atoms with E-state index in [9.17, 15) is 0 Å². The summed E-state index contributed by atoms with van der Waals surface area (Å²) >= 11 is 0. The fourth-order valence-corrected chi connectivity index (χ4v) is 2.39. The Morgan fingerprint density at radius 2 is 2.16 bits per heavy atom. The highest BCUT2D eigenvalue weighted by Crippen LogP contribution is 2.25. The maximum atomic E-state index is 4.43. The molecule has 2 heteroatoms. The van der Waals surface area contributed by atoms with Gasteiger partial charge in [0.25, 0.3) is 0 Å². The Morgan fingerprint density at radius 3 is 2.95 bits per heavy atom. The van der Waals surface area contributed by atoms with Crippen molar-refractivity contribution in [2.45, 2.75) is 32.7 Å². The summed E-state index contributed by atoms with van der Waals surface area (Å²) in [5.74, 6) is 6.11. The van der Waals surface area contributed by atoms with Crippen molar-refractivity contribution in [2.24, 2.45) is 0 Å². The second-order valence-electron chi connectivity index (χ2n) is 4.49. The summed E-state index contributed by atoms with van der Waals surface area (Å²) in [7, 11) is 0. The van der Waals surface area contributed by atoms with E-state index >= 15 is 0 Å². The summed E-state index contributed by atoms with van der Waals surface area (Å²) in [5, 5.41) is 4.79.